The minimum atomic E-state index is -0.184. The van der Waals surface area contributed by atoms with Crippen LogP contribution < -0.4 is 20.3 Å². The van der Waals surface area contributed by atoms with Crippen LogP contribution in [0.4, 0.5) is 10.5 Å². The quantitative estimate of drug-likeness (QED) is 0.553. The minimum Gasteiger partial charge on any atom is -0.495 e. The third-order valence-corrected chi connectivity index (χ3v) is 6.05. The molecule has 1 fully saturated rings. The monoisotopic (exact) mass is 444 g/mol. The Morgan fingerprint density at radius 1 is 0.848 bits per heavy atom. The van der Waals surface area contributed by atoms with Gasteiger partial charge >= 0.3 is 6.03 Å². The van der Waals surface area contributed by atoms with Crippen molar-refractivity contribution in [2.75, 3.05) is 51.3 Å². The Balaban J connectivity index is 1.25. The summed E-state index contributed by atoms with van der Waals surface area (Å²) in [6.45, 7) is 5.23. The van der Waals surface area contributed by atoms with Crippen LogP contribution >= 0.6 is 0 Å². The Hall–Kier alpha value is -3.51. The lowest BCUT2D eigenvalue weighted by atomic mass is 9.99. The van der Waals surface area contributed by atoms with E-state index in [1.54, 1.807) is 7.11 Å². The average Bonchev–Trinajstić information content (AvgIpc) is 2.89. The van der Waals surface area contributed by atoms with E-state index in [0.717, 1.165) is 55.3 Å². The molecule has 0 spiro atoms. The van der Waals surface area contributed by atoms with Crippen LogP contribution in [0.15, 0.2) is 84.9 Å². The van der Waals surface area contributed by atoms with Crippen molar-refractivity contribution < 1.29 is 9.53 Å². The highest BCUT2D eigenvalue weighted by atomic mass is 16.5. The Labute approximate surface area is 196 Å². The van der Waals surface area contributed by atoms with Gasteiger partial charge in [-0.15, -0.1) is 0 Å². The first-order valence-corrected chi connectivity index (χ1v) is 11.5. The van der Waals surface area contributed by atoms with Gasteiger partial charge in [-0.05, 0) is 23.3 Å². The molecule has 6 nitrogen and oxygen atoms in total. The lowest BCUT2D eigenvalue weighted by molar-refractivity contribution is 0.230. The highest BCUT2D eigenvalue weighted by Crippen LogP contribution is 2.28. The second-order valence-electron chi connectivity index (χ2n) is 8.16. The van der Waals surface area contributed by atoms with Crippen molar-refractivity contribution in [2.24, 2.45) is 0 Å². The lowest BCUT2D eigenvalue weighted by Crippen LogP contribution is -2.49. The number of amides is 2. The van der Waals surface area contributed by atoms with E-state index in [-0.39, 0.29) is 12.1 Å². The number of rotatable bonds is 8. The second-order valence-corrected chi connectivity index (χ2v) is 8.16. The zero-order valence-electron chi connectivity index (χ0n) is 19.1. The molecule has 0 bridgehead atoms. The number of anilines is 1. The van der Waals surface area contributed by atoms with Crippen LogP contribution in [0.5, 0.6) is 5.75 Å². The molecular weight excluding hydrogens is 412 g/mol. The molecule has 4 rings (SSSR count). The summed E-state index contributed by atoms with van der Waals surface area (Å²) in [5, 5.41) is 6.17. The van der Waals surface area contributed by atoms with Gasteiger partial charge in [0.15, 0.2) is 0 Å². The van der Waals surface area contributed by atoms with E-state index in [9.17, 15) is 4.79 Å². The van der Waals surface area contributed by atoms with Crippen molar-refractivity contribution in [1.82, 2.24) is 15.5 Å². The minimum absolute atomic E-state index is 0.152. The van der Waals surface area contributed by atoms with E-state index >= 15 is 0 Å². The fourth-order valence-corrected chi connectivity index (χ4v) is 4.26. The fourth-order valence-electron chi connectivity index (χ4n) is 4.26. The molecule has 0 atom stereocenters. The van der Waals surface area contributed by atoms with Gasteiger partial charge in [-0.2, -0.15) is 0 Å². The standard InChI is InChI=1S/C27H32N4O2/c1-33-25-15-9-8-14-24(25)31-20-18-30(19-21-31)17-16-28-27(32)29-26(22-10-4-2-5-11-22)23-12-6-3-7-13-23/h2-15,26H,16-21H2,1H3,(H2,28,29,32). The third-order valence-electron chi connectivity index (χ3n) is 6.05. The number of ether oxygens (including phenoxy) is 1. The van der Waals surface area contributed by atoms with Gasteiger partial charge in [-0.1, -0.05) is 72.8 Å². The SMILES string of the molecule is COc1ccccc1N1CCN(CCNC(=O)NC(c2ccccc2)c2ccccc2)CC1. The summed E-state index contributed by atoms with van der Waals surface area (Å²) in [4.78, 5) is 17.4. The molecule has 3 aromatic carbocycles. The Kier molecular flexibility index (Phi) is 7.82. The van der Waals surface area contributed by atoms with E-state index in [0.29, 0.717) is 6.54 Å². The number of nitrogens with zero attached hydrogens (tertiary/aromatic N) is 2. The van der Waals surface area contributed by atoms with Crippen molar-refractivity contribution in [2.45, 2.75) is 6.04 Å². The summed E-state index contributed by atoms with van der Waals surface area (Å²) in [5.74, 6) is 0.913. The molecule has 0 aromatic heterocycles. The van der Waals surface area contributed by atoms with Crippen LogP contribution in [-0.4, -0.2) is 57.3 Å². The molecule has 2 N–H and O–H groups in total. The number of urea groups is 1. The lowest BCUT2D eigenvalue weighted by Gasteiger charge is -2.36. The highest BCUT2D eigenvalue weighted by Gasteiger charge is 2.20. The molecule has 1 saturated heterocycles. The molecule has 0 aliphatic carbocycles. The number of methoxy groups -OCH3 is 1. The van der Waals surface area contributed by atoms with Crippen LogP contribution in [-0.2, 0) is 0 Å². The molecular formula is C27H32N4O2. The zero-order valence-corrected chi connectivity index (χ0v) is 19.1. The van der Waals surface area contributed by atoms with Crippen LogP contribution in [0.2, 0.25) is 0 Å². The molecule has 0 radical (unpaired) electrons. The topological polar surface area (TPSA) is 56.8 Å². The molecule has 3 aromatic rings. The predicted molar refractivity (Wildman–Crippen MR) is 133 cm³/mol. The normalized spacial score (nSPS) is 14.2. The van der Waals surface area contributed by atoms with E-state index in [4.69, 9.17) is 4.74 Å². The third kappa shape index (κ3) is 6.05. The molecule has 1 aliphatic heterocycles. The molecule has 0 saturated carbocycles. The summed E-state index contributed by atoms with van der Waals surface area (Å²) in [6, 6.07) is 27.9. The zero-order chi connectivity index (χ0) is 22.9. The van der Waals surface area contributed by atoms with Gasteiger partial charge < -0.3 is 20.3 Å². The largest absolute Gasteiger partial charge is 0.495 e. The van der Waals surface area contributed by atoms with Crippen molar-refractivity contribution >= 4 is 11.7 Å². The number of benzene rings is 3. The van der Waals surface area contributed by atoms with Crippen LogP contribution in [0.3, 0.4) is 0 Å². The first-order chi connectivity index (χ1) is 16.2. The van der Waals surface area contributed by atoms with E-state index in [2.05, 4.69) is 26.5 Å². The highest BCUT2D eigenvalue weighted by molar-refractivity contribution is 5.75. The number of para-hydroxylation sites is 2. The van der Waals surface area contributed by atoms with Crippen LogP contribution in [0.25, 0.3) is 0 Å². The number of piperazine rings is 1. The maximum absolute atomic E-state index is 12.7. The van der Waals surface area contributed by atoms with Crippen LogP contribution in [0.1, 0.15) is 17.2 Å². The summed E-state index contributed by atoms with van der Waals surface area (Å²) >= 11 is 0. The van der Waals surface area contributed by atoms with Gasteiger partial charge in [0.25, 0.3) is 0 Å². The molecule has 0 unspecified atom stereocenters. The first kappa shape index (κ1) is 22.7. The molecule has 33 heavy (non-hydrogen) atoms. The Morgan fingerprint density at radius 2 is 1.42 bits per heavy atom. The number of hydrogen-bond acceptors (Lipinski definition) is 4. The maximum Gasteiger partial charge on any atom is 0.315 e. The van der Waals surface area contributed by atoms with Crippen LogP contribution in [0, 0.1) is 0 Å². The Bertz CT molecular complexity index is 965. The number of carbonyl (C=O) groups excluding carboxylic acids is 1. The van der Waals surface area contributed by atoms with E-state index in [1.165, 1.54) is 0 Å². The van der Waals surface area contributed by atoms with Gasteiger partial charge in [0.2, 0.25) is 0 Å². The van der Waals surface area contributed by atoms with Crippen molar-refractivity contribution in [3.8, 4) is 5.75 Å². The van der Waals surface area contributed by atoms with Gasteiger partial charge in [0.05, 0.1) is 18.8 Å². The van der Waals surface area contributed by atoms with E-state index < -0.39 is 0 Å². The summed E-state index contributed by atoms with van der Waals surface area (Å²) in [6.07, 6.45) is 0. The molecule has 2 amide bonds. The van der Waals surface area contributed by atoms with Gasteiger partial charge in [-0.3, -0.25) is 4.90 Å². The fraction of sp³-hybridized carbons (Fsp3) is 0.296. The average molecular weight is 445 g/mol. The smallest absolute Gasteiger partial charge is 0.315 e. The van der Waals surface area contributed by atoms with Crippen molar-refractivity contribution in [3.05, 3.63) is 96.1 Å². The first-order valence-electron chi connectivity index (χ1n) is 11.5. The Morgan fingerprint density at radius 3 is 2.03 bits per heavy atom. The van der Waals surface area contributed by atoms with Crippen molar-refractivity contribution in [1.29, 1.82) is 0 Å². The summed E-state index contributed by atoms with van der Waals surface area (Å²) < 4.78 is 5.50. The predicted octanol–water partition coefficient (Wildman–Crippen LogP) is 3.91. The number of carbonyl (C=O) groups is 1. The summed E-state index contributed by atoms with van der Waals surface area (Å²) in [7, 11) is 1.71. The number of nitrogens with one attached hydrogen (secondary N) is 2. The van der Waals surface area contributed by atoms with Gasteiger partial charge in [0, 0.05) is 39.3 Å². The number of hydrogen-bond donors (Lipinski definition) is 2. The van der Waals surface area contributed by atoms with Gasteiger partial charge in [0.1, 0.15) is 5.75 Å². The van der Waals surface area contributed by atoms with Crippen molar-refractivity contribution in [3.63, 3.8) is 0 Å². The maximum atomic E-state index is 12.7. The van der Waals surface area contributed by atoms with E-state index in [1.807, 2.05) is 78.9 Å². The molecule has 6 heteroatoms. The second kappa shape index (κ2) is 11.4. The molecule has 1 aliphatic rings. The summed E-state index contributed by atoms with van der Waals surface area (Å²) in [5.41, 5.74) is 3.27. The molecule has 172 valence electrons. The van der Waals surface area contributed by atoms with Gasteiger partial charge in [-0.25, -0.2) is 4.79 Å². The molecule has 1 heterocycles.